The number of rotatable bonds is 5. The Morgan fingerprint density at radius 2 is 2.00 bits per heavy atom. The molecule has 5 rings (SSSR count). The van der Waals surface area contributed by atoms with Crippen LogP contribution in [0.3, 0.4) is 0 Å². The summed E-state index contributed by atoms with van der Waals surface area (Å²) in [5.41, 5.74) is 0.811. The first-order chi connectivity index (χ1) is 15.5. The molecule has 0 unspecified atom stereocenters. The van der Waals surface area contributed by atoms with Gasteiger partial charge in [-0.3, -0.25) is 14.2 Å². The highest BCUT2D eigenvalue weighted by Crippen LogP contribution is 2.29. The predicted molar refractivity (Wildman–Crippen MR) is 121 cm³/mol. The molecule has 0 aliphatic heterocycles. The number of thiophene rings is 1. The molecule has 0 spiro atoms. The molecular formula is C24H22N2O5S. The van der Waals surface area contributed by atoms with Crippen LogP contribution in [0.4, 0.5) is 0 Å². The normalized spacial score (nSPS) is 14.8. The molecule has 4 aromatic rings. The fraction of sp³-hybridized carbons (Fsp3) is 0.333. The number of para-hydroxylation sites is 1. The van der Waals surface area contributed by atoms with Crippen molar-refractivity contribution in [1.29, 1.82) is 0 Å². The van der Waals surface area contributed by atoms with Crippen molar-refractivity contribution >= 4 is 44.3 Å². The number of ketones is 1. The second-order valence-corrected chi connectivity index (χ2v) is 9.15. The number of ether oxygens (including phenoxy) is 1. The molecule has 1 aliphatic rings. The number of nitrogens with zero attached hydrogens (tertiary/aromatic N) is 2. The molecule has 7 nitrogen and oxygen atoms in total. The SMILES string of the molecule is Cc1c(C(=O)OC2CCCCC2)sc2ncn(CC(=O)c3cc4ccccc4o3)c(=O)c12. The molecule has 3 aromatic heterocycles. The number of carbonyl (C=O) groups excluding carboxylic acids is 2. The molecule has 32 heavy (non-hydrogen) atoms. The van der Waals surface area contributed by atoms with E-state index in [0.29, 0.717) is 26.2 Å². The second kappa shape index (κ2) is 8.35. The molecule has 0 atom stereocenters. The van der Waals surface area contributed by atoms with Crippen LogP contribution in [0.5, 0.6) is 0 Å². The van der Waals surface area contributed by atoms with E-state index in [0.717, 1.165) is 42.4 Å². The van der Waals surface area contributed by atoms with E-state index in [-0.39, 0.29) is 29.8 Å². The highest BCUT2D eigenvalue weighted by Gasteiger charge is 2.25. The number of Topliss-reactive ketones (excluding diaryl/α,β-unsaturated/α-hetero) is 1. The van der Waals surface area contributed by atoms with Gasteiger partial charge in [0.25, 0.3) is 5.56 Å². The van der Waals surface area contributed by atoms with Crippen LogP contribution in [0.25, 0.3) is 21.2 Å². The minimum absolute atomic E-state index is 0.0630. The molecule has 1 saturated carbocycles. The fourth-order valence-electron chi connectivity index (χ4n) is 4.21. The summed E-state index contributed by atoms with van der Waals surface area (Å²) in [7, 11) is 0. The highest BCUT2D eigenvalue weighted by atomic mass is 32.1. The zero-order chi connectivity index (χ0) is 22.2. The highest BCUT2D eigenvalue weighted by molar-refractivity contribution is 7.20. The maximum atomic E-state index is 13.1. The summed E-state index contributed by atoms with van der Waals surface area (Å²) in [5.74, 6) is -0.534. The Morgan fingerprint density at radius 1 is 1.22 bits per heavy atom. The predicted octanol–water partition coefficient (Wildman–Crippen LogP) is 4.89. The van der Waals surface area contributed by atoms with Crippen LogP contribution in [0.2, 0.25) is 0 Å². The molecule has 0 radical (unpaired) electrons. The monoisotopic (exact) mass is 450 g/mol. The van der Waals surface area contributed by atoms with Crippen molar-refractivity contribution in [3.63, 3.8) is 0 Å². The summed E-state index contributed by atoms with van der Waals surface area (Å²) in [5, 5.41) is 1.18. The van der Waals surface area contributed by atoms with Gasteiger partial charge in [-0.05, 0) is 50.3 Å². The van der Waals surface area contributed by atoms with E-state index in [2.05, 4.69) is 4.98 Å². The zero-order valence-electron chi connectivity index (χ0n) is 17.6. The van der Waals surface area contributed by atoms with Crippen molar-refractivity contribution in [1.82, 2.24) is 9.55 Å². The molecule has 1 aliphatic carbocycles. The lowest BCUT2D eigenvalue weighted by molar-refractivity contribution is 0.0216. The summed E-state index contributed by atoms with van der Waals surface area (Å²) in [6.45, 7) is 1.53. The van der Waals surface area contributed by atoms with Crippen molar-refractivity contribution in [3.8, 4) is 0 Å². The van der Waals surface area contributed by atoms with Gasteiger partial charge in [-0.2, -0.15) is 0 Å². The van der Waals surface area contributed by atoms with Crippen LogP contribution in [-0.4, -0.2) is 27.4 Å². The van der Waals surface area contributed by atoms with Crippen LogP contribution in [0.1, 0.15) is 57.9 Å². The summed E-state index contributed by atoms with van der Waals surface area (Å²) in [4.78, 5) is 43.8. The number of hydrogen-bond donors (Lipinski definition) is 0. The van der Waals surface area contributed by atoms with Crippen LogP contribution >= 0.6 is 11.3 Å². The number of benzene rings is 1. The van der Waals surface area contributed by atoms with E-state index in [9.17, 15) is 14.4 Å². The summed E-state index contributed by atoms with van der Waals surface area (Å²) >= 11 is 1.16. The largest absolute Gasteiger partial charge is 0.458 e. The van der Waals surface area contributed by atoms with Crippen LogP contribution in [0, 0.1) is 6.92 Å². The van der Waals surface area contributed by atoms with Gasteiger partial charge in [0.1, 0.15) is 21.4 Å². The standard InChI is InChI=1S/C24H22N2O5S/c1-14-20-22(32-21(14)24(29)30-16-8-3-2-4-9-16)25-13-26(23(20)28)12-17(27)19-11-15-7-5-6-10-18(15)31-19/h5-7,10-11,13,16H,2-4,8-9,12H2,1H3. The van der Waals surface area contributed by atoms with Gasteiger partial charge in [0, 0.05) is 5.39 Å². The minimum atomic E-state index is -0.401. The smallest absolute Gasteiger partial charge is 0.348 e. The van der Waals surface area contributed by atoms with E-state index in [4.69, 9.17) is 9.15 Å². The number of furan rings is 1. The van der Waals surface area contributed by atoms with Crippen molar-refractivity contribution in [2.75, 3.05) is 0 Å². The van der Waals surface area contributed by atoms with Gasteiger partial charge in [-0.15, -0.1) is 11.3 Å². The Morgan fingerprint density at radius 3 is 2.78 bits per heavy atom. The van der Waals surface area contributed by atoms with E-state index in [1.54, 1.807) is 19.1 Å². The van der Waals surface area contributed by atoms with E-state index >= 15 is 0 Å². The molecule has 1 fully saturated rings. The summed E-state index contributed by atoms with van der Waals surface area (Å²) in [6.07, 6.45) is 6.34. The number of aromatic nitrogens is 2. The third-order valence-electron chi connectivity index (χ3n) is 5.94. The molecular weight excluding hydrogens is 428 g/mol. The molecule has 0 N–H and O–H groups in total. The van der Waals surface area contributed by atoms with Crippen molar-refractivity contribution in [3.05, 3.63) is 63.2 Å². The maximum absolute atomic E-state index is 13.1. The van der Waals surface area contributed by atoms with Crippen LogP contribution in [0.15, 0.2) is 45.9 Å². The van der Waals surface area contributed by atoms with Gasteiger partial charge in [0.05, 0.1) is 18.3 Å². The molecule has 164 valence electrons. The Balaban J connectivity index is 1.41. The van der Waals surface area contributed by atoms with Gasteiger partial charge in [-0.1, -0.05) is 24.6 Å². The minimum Gasteiger partial charge on any atom is -0.458 e. The number of fused-ring (bicyclic) bond motifs is 2. The van der Waals surface area contributed by atoms with Gasteiger partial charge in [0.15, 0.2) is 5.76 Å². The average molecular weight is 451 g/mol. The van der Waals surface area contributed by atoms with Crippen molar-refractivity contribution in [2.45, 2.75) is 51.7 Å². The van der Waals surface area contributed by atoms with E-state index in [1.165, 1.54) is 17.3 Å². The van der Waals surface area contributed by atoms with Crippen LogP contribution < -0.4 is 5.56 Å². The molecule has 8 heteroatoms. The summed E-state index contributed by atoms with van der Waals surface area (Å²) in [6, 6.07) is 9.01. The van der Waals surface area contributed by atoms with Crippen molar-refractivity contribution in [2.24, 2.45) is 0 Å². The first-order valence-electron chi connectivity index (χ1n) is 10.7. The lowest BCUT2D eigenvalue weighted by Gasteiger charge is -2.21. The molecule has 0 amide bonds. The lowest BCUT2D eigenvalue weighted by atomic mass is 9.98. The van der Waals surface area contributed by atoms with Gasteiger partial charge < -0.3 is 9.15 Å². The maximum Gasteiger partial charge on any atom is 0.348 e. The first-order valence-corrected chi connectivity index (χ1v) is 11.5. The van der Waals surface area contributed by atoms with Gasteiger partial charge in [-0.25, -0.2) is 9.78 Å². The number of carbonyl (C=O) groups is 2. The second-order valence-electron chi connectivity index (χ2n) is 8.15. The zero-order valence-corrected chi connectivity index (χ0v) is 18.4. The summed E-state index contributed by atoms with van der Waals surface area (Å²) < 4.78 is 12.6. The third-order valence-corrected chi connectivity index (χ3v) is 7.12. The molecule has 3 heterocycles. The molecule has 0 bridgehead atoms. The number of aryl methyl sites for hydroxylation is 1. The van der Waals surface area contributed by atoms with E-state index in [1.807, 2.05) is 18.2 Å². The topological polar surface area (TPSA) is 91.4 Å². The number of hydrogen-bond acceptors (Lipinski definition) is 7. The van der Waals surface area contributed by atoms with Gasteiger partial charge in [0.2, 0.25) is 5.78 Å². The van der Waals surface area contributed by atoms with E-state index < -0.39 is 5.97 Å². The van der Waals surface area contributed by atoms with Crippen LogP contribution in [-0.2, 0) is 11.3 Å². The van der Waals surface area contributed by atoms with Gasteiger partial charge >= 0.3 is 5.97 Å². The third kappa shape index (κ3) is 3.75. The fourth-order valence-corrected chi connectivity index (χ4v) is 5.23. The average Bonchev–Trinajstić information content (AvgIpc) is 3.38. The quantitative estimate of drug-likeness (QED) is 0.318. The number of esters is 1. The Labute approximate surface area is 187 Å². The Kier molecular flexibility index (Phi) is 5.38. The lowest BCUT2D eigenvalue weighted by Crippen LogP contribution is -2.24. The molecule has 1 aromatic carbocycles. The first kappa shape index (κ1) is 20.6. The molecule has 0 saturated heterocycles. The van der Waals surface area contributed by atoms with Crippen molar-refractivity contribution < 1.29 is 18.7 Å². The Bertz CT molecular complexity index is 1360. The Hall–Kier alpha value is -3.26.